The number of hydrogen-bond acceptors (Lipinski definition) is 3. The highest BCUT2D eigenvalue weighted by Gasteiger charge is 2.36. The third-order valence-corrected chi connectivity index (χ3v) is 4.93. The molecule has 0 saturated carbocycles. The largest absolute Gasteiger partial charge is 0.419 e. The highest BCUT2D eigenvalue weighted by atomic mass is 19.4. The van der Waals surface area contributed by atoms with Crippen molar-refractivity contribution in [1.29, 1.82) is 0 Å². The summed E-state index contributed by atoms with van der Waals surface area (Å²) in [5.74, 6) is -1.74. The van der Waals surface area contributed by atoms with Gasteiger partial charge in [0.2, 0.25) is 0 Å². The van der Waals surface area contributed by atoms with Crippen molar-refractivity contribution in [3.63, 3.8) is 0 Å². The van der Waals surface area contributed by atoms with Crippen LogP contribution in [0.15, 0.2) is 47.5 Å². The SMILES string of the molecule is O=C1C(=Nc2ccc(F)c(C(F)(F)F)c2)c2ccccc2N1CN1CCCC1. The molecule has 4 nitrogen and oxygen atoms in total. The van der Waals surface area contributed by atoms with Gasteiger partial charge in [-0.3, -0.25) is 14.6 Å². The van der Waals surface area contributed by atoms with Crippen LogP contribution in [0.5, 0.6) is 0 Å². The molecule has 0 spiro atoms. The first-order chi connectivity index (χ1) is 13.3. The maximum atomic E-state index is 13.5. The standard InChI is InChI=1S/C20H17F4N3O/c21-16-8-7-13(11-15(16)20(22,23)24)25-18-14-5-1-2-6-17(14)27(19(18)28)12-26-9-3-4-10-26/h1-2,5-8,11H,3-4,9-10,12H2. The van der Waals surface area contributed by atoms with E-state index in [-0.39, 0.29) is 17.3 Å². The molecule has 0 atom stereocenters. The number of benzene rings is 2. The van der Waals surface area contributed by atoms with Crippen LogP contribution in [0.4, 0.5) is 28.9 Å². The van der Waals surface area contributed by atoms with Crippen molar-refractivity contribution in [3.8, 4) is 0 Å². The van der Waals surface area contributed by atoms with Crippen LogP contribution in [0.1, 0.15) is 24.0 Å². The maximum absolute atomic E-state index is 13.5. The molecule has 1 saturated heterocycles. The van der Waals surface area contributed by atoms with E-state index in [2.05, 4.69) is 9.89 Å². The molecule has 0 bridgehead atoms. The van der Waals surface area contributed by atoms with E-state index in [0.29, 0.717) is 24.0 Å². The molecule has 2 aliphatic heterocycles. The Labute approximate surface area is 159 Å². The van der Waals surface area contributed by atoms with Crippen LogP contribution < -0.4 is 4.90 Å². The summed E-state index contributed by atoms with van der Waals surface area (Å²) >= 11 is 0. The summed E-state index contributed by atoms with van der Waals surface area (Å²) < 4.78 is 52.5. The van der Waals surface area contributed by atoms with E-state index >= 15 is 0 Å². The van der Waals surface area contributed by atoms with Crippen LogP contribution in [0.3, 0.4) is 0 Å². The van der Waals surface area contributed by atoms with Crippen LogP contribution in [-0.2, 0) is 11.0 Å². The van der Waals surface area contributed by atoms with Crippen molar-refractivity contribution in [2.75, 3.05) is 24.7 Å². The summed E-state index contributed by atoms with van der Waals surface area (Å²) in [4.78, 5) is 20.9. The topological polar surface area (TPSA) is 35.9 Å². The second-order valence-corrected chi connectivity index (χ2v) is 6.84. The third kappa shape index (κ3) is 3.40. The van der Waals surface area contributed by atoms with Gasteiger partial charge in [-0.05, 0) is 50.2 Å². The number of fused-ring (bicyclic) bond motifs is 1. The van der Waals surface area contributed by atoms with E-state index < -0.39 is 17.6 Å². The van der Waals surface area contributed by atoms with Gasteiger partial charge in [-0.1, -0.05) is 18.2 Å². The van der Waals surface area contributed by atoms with Crippen LogP contribution in [0, 0.1) is 5.82 Å². The minimum absolute atomic E-state index is 0.0644. The fourth-order valence-electron chi connectivity index (χ4n) is 3.56. The monoisotopic (exact) mass is 391 g/mol. The lowest BCUT2D eigenvalue weighted by Gasteiger charge is -2.23. The molecule has 0 aromatic heterocycles. The normalized spacial score (nSPS) is 18.9. The molecule has 0 N–H and O–H groups in total. The Morgan fingerprint density at radius 1 is 1.04 bits per heavy atom. The zero-order valence-electron chi connectivity index (χ0n) is 14.8. The summed E-state index contributed by atoms with van der Waals surface area (Å²) in [7, 11) is 0. The van der Waals surface area contributed by atoms with Gasteiger partial charge >= 0.3 is 6.18 Å². The van der Waals surface area contributed by atoms with E-state index in [4.69, 9.17) is 0 Å². The third-order valence-electron chi connectivity index (χ3n) is 4.93. The van der Waals surface area contributed by atoms with Crippen molar-refractivity contribution in [3.05, 3.63) is 59.4 Å². The van der Waals surface area contributed by atoms with Gasteiger partial charge in [-0.15, -0.1) is 0 Å². The van der Waals surface area contributed by atoms with E-state index in [0.717, 1.165) is 38.1 Å². The molecule has 8 heteroatoms. The summed E-state index contributed by atoms with van der Waals surface area (Å²) in [5.41, 5.74) is -0.215. The smallest absolute Gasteiger partial charge is 0.293 e. The van der Waals surface area contributed by atoms with Crippen molar-refractivity contribution >= 4 is 23.0 Å². The molecule has 1 fully saturated rings. The molecular formula is C20H17F4N3O. The summed E-state index contributed by atoms with van der Waals surface area (Å²) in [5, 5.41) is 0. The number of anilines is 1. The number of halogens is 4. The Hall–Kier alpha value is -2.74. The molecule has 0 unspecified atom stereocenters. The first kappa shape index (κ1) is 18.6. The van der Waals surface area contributed by atoms with Gasteiger partial charge in [-0.2, -0.15) is 13.2 Å². The van der Waals surface area contributed by atoms with Crippen LogP contribution >= 0.6 is 0 Å². The van der Waals surface area contributed by atoms with Gasteiger partial charge in [0.15, 0.2) is 0 Å². The fourth-order valence-corrected chi connectivity index (χ4v) is 3.56. The number of likely N-dealkylation sites (tertiary alicyclic amines) is 1. The Balaban J connectivity index is 1.72. The van der Waals surface area contributed by atoms with E-state index in [1.807, 2.05) is 0 Å². The molecule has 2 aliphatic rings. The second-order valence-electron chi connectivity index (χ2n) is 6.84. The van der Waals surface area contributed by atoms with E-state index in [9.17, 15) is 22.4 Å². The van der Waals surface area contributed by atoms with Crippen molar-refractivity contribution in [2.45, 2.75) is 19.0 Å². The Morgan fingerprint density at radius 3 is 2.46 bits per heavy atom. The lowest BCUT2D eigenvalue weighted by Crippen LogP contribution is -2.39. The number of alkyl halides is 3. The number of carbonyl (C=O) groups excluding carboxylic acids is 1. The van der Waals surface area contributed by atoms with Gasteiger partial charge in [-0.25, -0.2) is 9.38 Å². The minimum atomic E-state index is -4.83. The summed E-state index contributed by atoms with van der Waals surface area (Å²) in [6.07, 6.45) is -2.69. The molecule has 4 rings (SSSR count). The number of hydrogen-bond donors (Lipinski definition) is 0. The van der Waals surface area contributed by atoms with Gasteiger partial charge in [0.25, 0.3) is 5.91 Å². The van der Waals surface area contributed by atoms with Crippen LogP contribution in [-0.4, -0.2) is 36.3 Å². The first-order valence-electron chi connectivity index (χ1n) is 8.93. The van der Waals surface area contributed by atoms with E-state index in [1.165, 1.54) is 0 Å². The number of aliphatic imine (C=N–C) groups is 1. The molecule has 2 heterocycles. The number of carbonyl (C=O) groups is 1. The number of rotatable bonds is 3. The maximum Gasteiger partial charge on any atom is 0.419 e. The van der Waals surface area contributed by atoms with Crippen molar-refractivity contribution < 1.29 is 22.4 Å². The predicted molar refractivity (Wildman–Crippen MR) is 97.2 cm³/mol. The quantitative estimate of drug-likeness (QED) is 0.729. The van der Waals surface area contributed by atoms with E-state index in [1.54, 1.807) is 29.2 Å². The molecule has 2 aromatic rings. The summed E-state index contributed by atoms with van der Waals surface area (Å²) in [6, 6.07) is 9.52. The van der Waals surface area contributed by atoms with Crippen molar-refractivity contribution in [1.82, 2.24) is 4.90 Å². The highest BCUT2D eigenvalue weighted by Crippen LogP contribution is 2.35. The predicted octanol–water partition coefficient (Wildman–Crippen LogP) is 4.37. The zero-order valence-corrected chi connectivity index (χ0v) is 14.8. The molecule has 1 amide bonds. The highest BCUT2D eigenvalue weighted by molar-refractivity contribution is 6.54. The zero-order chi connectivity index (χ0) is 19.9. The molecular weight excluding hydrogens is 374 g/mol. The molecule has 0 aliphatic carbocycles. The molecule has 0 radical (unpaired) electrons. The van der Waals surface area contributed by atoms with Crippen LogP contribution in [0.25, 0.3) is 0 Å². The Morgan fingerprint density at radius 2 is 1.75 bits per heavy atom. The van der Waals surface area contributed by atoms with Gasteiger partial charge in [0.1, 0.15) is 11.5 Å². The van der Waals surface area contributed by atoms with Gasteiger partial charge in [0.05, 0.1) is 23.6 Å². The molecule has 28 heavy (non-hydrogen) atoms. The average molecular weight is 391 g/mol. The van der Waals surface area contributed by atoms with Gasteiger partial charge in [0, 0.05) is 5.56 Å². The first-order valence-corrected chi connectivity index (χ1v) is 8.93. The lowest BCUT2D eigenvalue weighted by atomic mass is 10.1. The summed E-state index contributed by atoms with van der Waals surface area (Å²) in [6.45, 7) is 2.20. The fraction of sp³-hybridized carbons (Fsp3) is 0.300. The Bertz CT molecular complexity index is 949. The Kier molecular flexibility index (Phi) is 4.66. The second kappa shape index (κ2) is 7.01. The lowest BCUT2D eigenvalue weighted by molar-refractivity contribution is -0.139. The minimum Gasteiger partial charge on any atom is -0.293 e. The number of para-hydroxylation sites is 1. The van der Waals surface area contributed by atoms with Crippen LogP contribution in [0.2, 0.25) is 0 Å². The van der Waals surface area contributed by atoms with Gasteiger partial charge < -0.3 is 0 Å². The van der Waals surface area contributed by atoms with Crippen molar-refractivity contribution in [2.24, 2.45) is 4.99 Å². The average Bonchev–Trinajstić information content (AvgIpc) is 3.25. The number of amides is 1. The molecule has 146 valence electrons. The number of nitrogens with zero attached hydrogens (tertiary/aromatic N) is 3. The molecule has 2 aromatic carbocycles.